The molecule has 0 atom stereocenters. The summed E-state index contributed by atoms with van der Waals surface area (Å²) in [5.41, 5.74) is 0.314. The van der Waals surface area contributed by atoms with Crippen LogP contribution in [0.3, 0.4) is 0 Å². The predicted octanol–water partition coefficient (Wildman–Crippen LogP) is -0.305. The van der Waals surface area contributed by atoms with Crippen LogP contribution in [0.15, 0.2) is 0 Å². The Morgan fingerprint density at radius 1 is 1.50 bits per heavy atom. The van der Waals surface area contributed by atoms with E-state index in [1.807, 2.05) is 4.90 Å². The minimum atomic E-state index is 0.314. The van der Waals surface area contributed by atoms with Crippen molar-refractivity contribution in [2.75, 3.05) is 26.2 Å². The maximum atomic E-state index is 11.7. The van der Waals surface area contributed by atoms with Gasteiger partial charge < -0.3 is 9.80 Å². The lowest BCUT2D eigenvalue weighted by atomic mass is 9.78. The van der Waals surface area contributed by atoms with E-state index in [0.717, 1.165) is 32.6 Å². The molecule has 2 heterocycles. The van der Waals surface area contributed by atoms with Gasteiger partial charge in [0.15, 0.2) is 0 Å². The number of quaternary nitrogens is 1. The number of rotatable bonds is 1. The molecule has 1 spiro atoms. The number of carbonyl (C=O) groups excluding carboxylic acids is 1. The Bertz CT molecular complexity index is 231. The van der Waals surface area contributed by atoms with Gasteiger partial charge in [0.1, 0.15) is 0 Å². The minimum Gasteiger partial charge on any atom is -0.468 e. The van der Waals surface area contributed by atoms with E-state index in [0.29, 0.717) is 11.3 Å². The molecule has 0 radical (unpaired) electrons. The van der Waals surface area contributed by atoms with Gasteiger partial charge in [0.2, 0.25) is 5.91 Å². The fraction of sp³-hybridized carbons (Fsp3) is 0.818. The summed E-state index contributed by atoms with van der Waals surface area (Å²) in [6, 6.07) is 0. The van der Waals surface area contributed by atoms with Crippen LogP contribution < -0.4 is 4.90 Å². The molecule has 0 aromatic carbocycles. The standard InChI is InChI=1S/C11H20N2O/c1-3-13-9-11(8-10(13)14)4-6-12(2)7-5-11/h12H,2-9H2,1H3. The molecule has 80 valence electrons. The number of nitrogens with zero attached hydrogens (tertiary/aromatic N) is 1. The molecular weight excluding hydrogens is 176 g/mol. The summed E-state index contributed by atoms with van der Waals surface area (Å²) in [5, 5.41) is 0. The highest BCUT2D eigenvalue weighted by Gasteiger charge is 2.44. The van der Waals surface area contributed by atoms with Crippen molar-refractivity contribution in [2.45, 2.75) is 26.2 Å². The number of amides is 1. The van der Waals surface area contributed by atoms with Gasteiger partial charge in [-0.2, -0.15) is 7.05 Å². The number of hydrogen-bond acceptors (Lipinski definition) is 1. The monoisotopic (exact) mass is 196 g/mol. The van der Waals surface area contributed by atoms with Gasteiger partial charge in [-0.3, -0.25) is 4.79 Å². The van der Waals surface area contributed by atoms with Gasteiger partial charge in [-0.05, 0) is 6.92 Å². The Hall–Kier alpha value is -0.570. The van der Waals surface area contributed by atoms with Crippen LogP contribution in [0.5, 0.6) is 0 Å². The van der Waals surface area contributed by atoms with E-state index < -0.39 is 0 Å². The molecule has 2 saturated heterocycles. The highest BCUT2D eigenvalue weighted by atomic mass is 16.2. The summed E-state index contributed by atoms with van der Waals surface area (Å²) < 4.78 is 0. The van der Waals surface area contributed by atoms with Crippen LogP contribution in [0.25, 0.3) is 0 Å². The van der Waals surface area contributed by atoms with Crippen LogP contribution in [0, 0.1) is 12.5 Å². The molecule has 2 rings (SSSR count). The first-order chi connectivity index (χ1) is 6.65. The molecule has 2 fully saturated rings. The molecule has 14 heavy (non-hydrogen) atoms. The molecule has 0 bridgehead atoms. The lowest BCUT2D eigenvalue weighted by molar-refractivity contribution is -0.862. The van der Waals surface area contributed by atoms with Crippen molar-refractivity contribution in [1.29, 1.82) is 0 Å². The van der Waals surface area contributed by atoms with E-state index in [2.05, 4.69) is 14.0 Å². The third-order valence-electron chi connectivity index (χ3n) is 3.80. The van der Waals surface area contributed by atoms with E-state index >= 15 is 0 Å². The van der Waals surface area contributed by atoms with Gasteiger partial charge in [0, 0.05) is 37.8 Å². The Balaban J connectivity index is 2.02. The summed E-state index contributed by atoms with van der Waals surface area (Å²) in [5.74, 6) is 0.361. The van der Waals surface area contributed by atoms with E-state index in [-0.39, 0.29) is 0 Å². The van der Waals surface area contributed by atoms with Crippen LogP contribution in [0.2, 0.25) is 0 Å². The number of likely N-dealkylation sites (tertiary alicyclic amines) is 2. The Morgan fingerprint density at radius 2 is 2.14 bits per heavy atom. The number of hydrogen-bond donors (Lipinski definition) is 1. The SMILES string of the molecule is [CH2-][NH+]1CCC2(CC1)CC(=O)N(CC)C2. The van der Waals surface area contributed by atoms with Crippen LogP contribution in [-0.4, -0.2) is 37.0 Å². The van der Waals surface area contributed by atoms with Crippen molar-refractivity contribution >= 4 is 5.91 Å². The zero-order chi connectivity index (χ0) is 10.2. The number of carbonyl (C=O) groups is 1. The van der Waals surface area contributed by atoms with Crippen molar-refractivity contribution in [3.63, 3.8) is 0 Å². The van der Waals surface area contributed by atoms with Crippen molar-refractivity contribution in [1.82, 2.24) is 4.90 Å². The minimum absolute atomic E-state index is 0.314. The smallest absolute Gasteiger partial charge is 0.223 e. The van der Waals surface area contributed by atoms with Gasteiger partial charge in [-0.25, -0.2) is 0 Å². The molecule has 3 heteroatoms. The summed E-state index contributed by atoms with van der Waals surface area (Å²) in [4.78, 5) is 15.0. The molecule has 3 nitrogen and oxygen atoms in total. The van der Waals surface area contributed by atoms with Gasteiger partial charge in [-0.1, -0.05) is 0 Å². The van der Waals surface area contributed by atoms with Crippen molar-refractivity contribution in [3.05, 3.63) is 7.05 Å². The maximum Gasteiger partial charge on any atom is 0.223 e. The first-order valence-electron chi connectivity index (χ1n) is 5.60. The van der Waals surface area contributed by atoms with Gasteiger partial charge >= 0.3 is 0 Å². The average Bonchev–Trinajstić information content (AvgIpc) is 2.49. The summed E-state index contributed by atoms with van der Waals surface area (Å²) >= 11 is 0. The maximum absolute atomic E-state index is 11.7. The second-order valence-electron chi connectivity index (χ2n) is 4.83. The molecule has 2 aliphatic heterocycles. The van der Waals surface area contributed by atoms with Crippen molar-refractivity contribution < 1.29 is 9.69 Å². The van der Waals surface area contributed by atoms with Crippen LogP contribution in [0.4, 0.5) is 0 Å². The highest BCUT2D eigenvalue weighted by molar-refractivity contribution is 5.79. The third kappa shape index (κ3) is 1.65. The number of nitrogens with one attached hydrogen (secondary N) is 1. The third-order valence-corrected chi connectivity index (χ3v) is 3.80. The van der Waals surface area contributed by atoms with E-state index in [1.165, 1.54) is 17.7 Å². The topological polar surface area (TPSA) is 24.8 Å². The number of piperidine rings is 1. The van der Waals surface area contributed by atoms with Crippen LogP contribution in [0.1, 0.15) is 26.2 Å². The second kappa shape index (κ2) is 3.54. The Kier molecular flexibility index (Phi) is 2.52. The highest BCUT2D eigenvalue weighted by Crippen LogP contribution is 2.38. The molecule has 0 aliphatic carbocycles. The largest absolute Gasteiger partial charge is 0.468 e. The molecule has 0 unspecified atom stereocenters. The average molecular weight is 196 g/mol. The predicted molar refractivity (Wildman–Crippen MR) is 54.6 cm³/mol. The zero-order valence-corrected chi connectivity index (χ0v) is 9.01. The molecule has 1 amide bonds. The first kappa shape index (κ1) is 9.97. The zero-order valence-electron chi connectivity index (χ0n) is 9.01. The molecule has 1 N–H and O–H groups in total. The quantitative estimate of drug-likeness (QED) is 0.572. The second-order valence-corrected chi connectivity index (χ2v) is 4.83. The summed E-state index contributed by atoms with van der Waals surface area (Å²) in [7, 11) is 4.03. The van der Waals surface area contributed by atoms with Crippen LogP contribution in [-0.2, 0) is 4.79 Å². The molecule has 0 saturated carbocycles. The van der Waals surface area contributed by atoms with Gasteiger partial charge in [-0.15, -0.1) is 0 Å². The normalized spacial score (nSPS) is 38.3. The van der Waals surface area contributed by atoms with Crippen LogP contribution >= 0.6 is 0 Å². The van der Waals surface area contributed by atoms with E-state index in [1.54, 1.807) is 0 Å². The Labute approximate surface area is 86.1 Å². The fourth-order valence-electron chi connectivity index (χ4n) is 2.74. The van der Waals surface area contributed by atoms with E-state index in [4.69, 9.17) is 0 Å². The summed E-state index contributed by atoms with van der Waals surface area (Å²) in [6.45, 7) is 6.20. The lowest BCUT2D eigenvalue weighted by Crippen LogP contribution is -3.08. The first-order valence-corrected chi connectivity index (χ1v) is 5.60. The Morgan fingerprint density at radius 3 is 2.64 bits per heavy atom. The van der Waals surface area contributed by atoms with E-state index in [9.17, 15) is 4.79 Å². The molecular formula is C11H20N2O. The molecule has 0 aromatic heterocycles. The lowest BCUT2D eigenvalue weighted by Gasteiger charge is -2.37. The van der Waals surface area contributed by atoms with Gasteiger partial charge in [0.05, 0.1) is 13.1 Å². The molecule has 2 aliphatic rings. The van der Waals surface area contributed by atoms with Gasteiger partial charge in [0.25, 0.3) is 0 Å². The summed E-state index contributed by atoms with van der Waals surface area (Å²) in [6.07, 6.45) is 3.14. The van der Waals surface area contributed by atoms with Crippen molar-refractivity contribution in [2.24, 2.45) is 5.41 Å². The molecule has 0 aromatic rings. The van der Waals surface area contributed by atoms with Crippen molar-refractivity contribution in [3.8, 4) is 0 Å². The fourth-order valence-corrected chi connectivity index (χ4v) is 2.74.